The third-order valence-electron chi connectivity index (χ3n) is 2.36. The van der Waals surface area contributed by atoms with Crippen molar-refractivity contribution in [1.29, 1.82) is 0 Å². The van der Waals surface area contributed by atoms with Crippen LogP contribution in [0.4, 0.5) is 5.69 Å². The largest absolute Gasteiger partial charge is 0.466 e. The van der Waals surface area contributed by atoms with Gasteiger partial charge in [0.1, 0.15) is 6.34 Å². The fourth-order valence-electron chi connectivity index (χ4n) is 1.52. The van der Waals surface area contributed by atoms with Crippen LogP contribution >= 0.6 is 0 Å². The van der Waals surface area contributed by atoms with Gasteiger partial charge >= 0.3 is 5.97 Å². The Kier molecular flexibility index (Phi) is 6.50. The van der Waals surface area contributed by atoms with E-state index in [9.17, 15) is 4.79 Å². The Hall–Kier alpha value is -1.88. The quantitative estimate of drug-likeness (QED) is 0.337. The van der Waals surface area contributed by atoms with Gasteiger partial charge in [0.15, 0.2) is 0 Å². The van der Waals surface area contributed by atoms with Crippen LogP contribution in [0.2, 0.25) is 0 Å². The van der Waals surface area contributed by atoms with Crippen LogP contribution < -0.4 is 5.48 Å². The van der Waals surface area contributed by atoms with Gasteiger partial charge in [0, 0.05) is 6.42 Å². The van der Waals surface area contributed by atoms with E-state index in [1.54, 1.807) is 6.92 Å². The summed E-state index contributed by atoms with van der Waals surface area (Å²) in [4.78, 5) is 15.1. The Bertz CT molecular complexity index is 388. The summed E-state index contributed by atoms with van der Waals surface area (Å²) in [6, 6.07) is 7.62. The van der Waals surface area contributed by atoms with Gasteiger partial charge in [-0.2, -0.15) is 0 Å². The molecule has 0 aromatic heterocycles. The number of hydroxylamine groups is 1. The molecule has 2 N–H and O–H groups in total. The van der Waals surface area contributed by atoms with Crippen LogP contribution in [-0.2, 0) is 16.0 Å². The molecule has 0 heterocycles. The lowest BCUT2D eigenvalue weighted by atomic mass is 10.1. The number of hydrogen-bond donors (Lipinski definition) is 2. The molecule has 0 aliphatic heterocycles. The zero-order valence-electron chi connectivity index (χ0n) is 10.4. The molecule has 0 spiro atoms. The van der Waals surface area contributed by atoms with Gasteiger partial charge in [-0.15, -0.1) is 0 Å². The Morgan fingerprint density at radius 1 is 1.44 bits per heavy atom. The highest BCUT2D eigenvalue weighted by Gasteiger charge is 2.01. The number of nitrogens with zero attached hydrogens (tertiary/aromatic N) is 1. The molecule has 0 unspecified atom stereocenters. The van der Waals surface area contributed by atoms with E-state index < -0.39 is 0 Å². The summed E-state index contributed by atoms with van der Waals surface area (Å²) in [6.07, 6.45) is 3.26. The third kappa shape index (κ3) is 5.45. The van der Waals surface area contributed by atoms with Crippen LogP contribution in [0, 0.1) is 0 Å². The topological polar surface area (TPSA) is 70.9 Å². The molecule has 5 nitrogen and oxygen atoms in total. The first-order chi connectivity index (χ1) is 8.76. The number of carbonyl (C=O) groups excluding carboxylic acids is 1. The average Bonchev–Trinajstić information content (AvgIpc) is 2.38. The fourth-order valence-corrected chi connectivity index (χ4v) is 1.52. The maximum absolute atomic E-state index is 11.1. The molecular formula is C13H18N2O3. The smallest absolute Gasteiger partial charge is 0.305 e. The molecular weight excluding hydrogens is 232 g/mol. The zero-order chi connectivity index (χ0) is 13.2. The second kappa shape index (κ2) is 8.25. The van der Waals surface area contributed by atoms with Crippen LogP contribution in [0.3, 0.4) is 0 Å². The van der Waals surface area contributed by atoms with Crippen molar-refractivity contribution in [3.63, 3.8) is 0 Å². The predicted molar refractivity (Wildman–Crippen MR) is 69.1 cm³/mol. The van der Waals surface area contributed by atoms with Gasteiger partial charge in [0.05, 0.1) is 12.3 Å². The molecule has 0 bridgehead atoms. The summed E-state index contributed by atoms with van der Waals surface area (Å²) in [5.74, 6) is -0.146. The Labute approximate surface area is 106 Å². The molecule has 18 heavy (non-hydrogen) atoms. The zero-order valence-corrected chi connectivity index (χ0v) is 10.4. The Balaban J connectivity index is 2.35. The molecule has 0 saturated heterocycles. The van der Waals surface area contributed by atoms with E-state index in [1.165, 1.54) is 6.34 Å². The van der Waals surface area contributed by atoms with Gasteiger partial charge in [-0.25, -0.2) is 4.99 Å². The molecule has 1 rings (SSSR count). The number of aliphatic imine (C=N–C) groups is 1. The monoisotopic (exact) mass is 250 g/mol. The van der Waals surface area contributed by atoms with Crippen molar-refractivity contribution in [1.82, 2.24) is 5.48 Å². The lowest BCUT2D eigenvalue weighted by Gasteiger charge is -2.02. The van der Waals surface area contributed by atoms with Crippen LogP contribution in [-0.4, -0.2) is 24.1 Å². The fraction of sp³-hybridized carbons (Fsp3) is 0.385. The van der Waals surface area contributed by atoms with Gasteiger partial charge in [-0.3, -0.25) is 15.5 Å². The van der Waals surface area contributed by atoms with Crippen LogP contribution in [0.5, 0.6) is 0 Å². The summed E-state index contributed by atoms with van der Waals surface area (Å²) < 4.78 is 4.85. The molecule has 0 aliphatic carbocycles. The molecule has 0 fully saturated rings. The minimum Gasteiger partial charge on any atom is -0.466 e. The highest BCUT2D eigenvalue weighted by Crippen LogP contribution is 2.14. The van der Waals surface area contributed by atoms with Gasteiger partial charge in [-0.05, 0) is 37.5 Å². The normalized spacial score (nSPS) is 10.6. The summed E-state index contributed by atoms with van der Waals surface area (Å²) in [5.41, 5.74) is 3.75. The van der Waals surface area contributed by atoms with Crippen molar-refractivity contribution in [2.75, 3.05) is 6.61 Å². The van der Waals surface area contributed by atoms with E-state index in [2.05, 4.69) is 4.99 Å². The SMILES string of the molecule is CCOC(=O)CCCc1ccc(N=CNO)cc1. The Morgan fingerprint density at radius 2 is 2.17 bits per heavy atom. The van der Waals surface area contributed by atoms with Crippen molar-refractivity contribution in [2.24, 2.45) is 4.99 Å². The Morgan fingerprint density at radius 3 is 2.78 bits per heavy atom. The van der Waals surface area contributed by atoms with Gasteiger partial charge in [0.25, 0.3) is 0 Å². The summed E-state index contributed by atoms with van der Waals surface area (Å²) in [5, 5.41) is 8.35. The number of carbonyl (C=O) groups is 1. The van der Waals surface area contributed by atoms with Gasteiger partial charge in [-0.1, -0.05) is 12.1 Å². The number of benzene rings is 1. The molecule has 0 radical (unpaired) electrons. The lowest BCUT2D eigenvalue weighted by molar-refractivity contribution is -0.143. The molecule has 0 aliphatic rings. The average molecular weight is 250 g/mol. The summed E-state index contributed by atoms with van der Waals surface area (Å²) >= 11 is 0. The number of nitrogens with one attached hydrogen (secondary N) is 1. The van der Waals surface area contributed by atoms with Gasteiger partial charge < -0.3 is 4.74 Å². The molecule has 1 aromatic carbocycles. The predicted octanol–water partition coefficient (Wildman–Crippen LogP) is 2.21. The van der Waals surface area contributed by atoms with Crippen LogP contribution in [0.25, 0.3) is 0 Å². The van der Waals surface area contributed by atoms with Gasteiger partial charge in [0.2, 0.25) is 0 Å². The number of rotatable bonds is 7. The molecule has 5 heteroatoms. The van der Waals surface area contributed by atoms with E-state index in [0.717, 1.165) is 24.1 Å². The maximum Gasteiger partial charge on any atom is 0.305 e. The highest BCUT2D eigenvalue weighted by atomic mass is 16.5. The minimum absolute atomic E-state index is 0.146. The van der Waals surface area contributed by atoms with E-state index in [-0.39, 0.29) is 5.97 Å². The van der Waals surface area contributed by atoms with Crippen molar-refractivity contribution in [3.8, 4) is 0 Å². The van der Waals surface area contributed by atoms with Crippen molar-refractivity contribution in [2.45, 2.75) is 26.2 Å². The lowest BCUT2D eigenvalue weighted by Crippen LogP contribution is -2.03. The van der Waals surface area contributed by atoms with Crippen molar-refractivity contribution < 1.29 is 14.7 Å². The molecule has 0 atom stereocenters. The van der Waals surface area contributed by atoms with Crippen molar-refractivity contribution in [3.05, 3.63) is 29.8 Å². The van der Waals surface area contributed by atoms with Crippen LogP contribution in [0.1, 0.15) is 25.3 Å². The number of aryl methyl sites for hydroxylation is 1. The highest BCUT2D eigenvalue weighted by molar-refractivity contribution is 5.69. The first kappa shape index (κ1) is 14.2. The molecule has 1 aromatic rings. The number of ether oxygens (including phenoxy) is 1. The maximum atomic E-state index is 11.1. The second-order valence-corrected chi connectivity index (χ2v) is 3.71. The van der Waals surface area contributed by atoms with Crippen LogP contribution in [0.15, 0.2) is 29.3 Å². The number of esters is 1. The summed E-state index contributed by atoms with van der Waals surface area (Å²) in [6.45, 7) is 2.24. The molecule has 98 valence electrons. The second-order valence-electron chi connectivity index (χ2n) is 3.71. The van der Waals surface area contributed by atoms with Crippen molar-refractivity contribution >= 4 is 18.0 Å². The minimum atomic E-state index is -0.146. The third-order valence-corrected chi connectivity index (χ3v) is 2.36. The summed E-state index contributed by atoms with van der Waals surface area (Å²) in [7, 11) is 0. The number of hydrogen-bond acceptors (Lipinski definition) is 4. The van der Waals surface area contributed by atoms with E-state index >= 15 is 0 Å². The standard InChI is InChI=1S/C13H18N2O3/c1-2-18-13(16)5-3-4-11-6-8-12(9-7-11)14-10-15-17/h6-10,17H,2-5H2,1H3,(H,14,15). The first-order valence-electron chi connectivity index (χ1n) is 5.93. The van der Waals surface area contributed by atoms with E-state index in [0.29, 0.717) is 13.0 Å². The van der Waals surface area contributed by atoms with E-state index in [1.807, 2.05) is 29.7 Å². The molecule has 0 saturated carbocycles. The first-order valence-corrected chi connectivity index (χ1v) is 5.93. The van der Waals surface area contributed by atoms with E-state index in [4.69, 9.17) is 9.94 Å². The molecule has 0 amide bonds.